The van der Waals surface area contributed by atoms with Crippen LogP contribution in [0.1, 0.15) is 33.2 Å². The molecule has 4 rings (SSSR count). The highest BCUT2D eigenvalue weighted by Crippen LogP contribution is 2.28. The van der Waals surface area contributed by atoms with Gasteiger partial charge in [0, 0.05) is 18.7 Å². The van der Waals surface area contributed by atoms with E-state index < -0.39 is 5.92 Å². The molecular formula is C23H23N5O2. The number of hydrogen-bond donors (Lipinski definition) is 0. The van der Waals surface area contributed by atoms with Crippen molar-refractivity contribution in [2.24, 2.45) is 0 Å². The van der Waals surface area contributed by atoms with Crippen LogP contribution in [0.25, 0.3) is 5.69 Å². The Kier molecular flexibility index (Phi) is 5.59. The number of para-hydroxylation sites is 1. The highest BCUT2D eigenvalue weighted by molar-refractivity contribution is 6.02. The Hall–Kier alpha value is -3.50. The Morgan fingerprint density at radius 2 is 1.80 bits per heavy atom. The Bertz CT molecular complexity index is 1090. The number of morpholine rings is 1. The summed E-state index contributed by atoms with van der Waals surface area (Å²) < 4.78 is 7.27. The molecule has 0 radical (unpaired) electrons. The van der Waals surface area contributed by atoms with Gasteiger partial charge in [-0.3, -0.25) is 9.36 Å². The van der Waals surface area contributed by atoms with E-state index in [4.69, 9.17) is 4.74 Å². The van der Waals surface area contributed by atoms with Gasteiger partial charge in [-0.25, -0.2) is 0 Å². The Morgan fingerprint density at radius 1 is 1.07 bits per heavy atom. The van der Waals surface area contributed by atoms with Crippen LogP contribution in [0.3, 0.4) is 0 Å². The van der Waals surface area contributed by atoms with Crippen molar-refractivity contribution in [2.45, 2.75) is 19.8 Å². The SMILES string of the molecule is Cc1ccc(C(=O)[C@H](C#N)c2nnc(N3CCOCC3)n2-c2ccccc2)cc1C. The van der Waals surface area contributed by atoms with Crippen LogP contribution in [0.4, 0.5) is 5.95 Å². The molecule has 0 aliphatic carbocycles. The summed E-state index contributed by atoms with van der Waals surface area (Å²) in [6.07, 6.45) is 0. The van der Waals surface area contributed by atoms with Gasteiger partial charge in [0.1, 0.15) is 0 Å². The van der Waals surface area contributed by atoms with Crippen molar-refractivity contribution in [3.05, 3.63) is 71.0 Å². The summed E-state index contributed by atoms with van der Waals surface area (Å²) in [5.74, 6) is -0.394. The first-order valence-corrected chi connectivity index (χ1v) is 9.94. The molecule has 0 spiro atoms. The molecule has 30 heavy (non-hydrogen) atoms. The average molecular weight is 401 g/mol. The van der Waals surface area contributed by atoms with Gasteiger partial charge in [0.2, 0.25) is 5.95 Å². The number of carbonyl (C=O) groups is 1. The molecule has 3 aromatic rings. The maximum Gasteiger partial charge on any atom is 0.232 e. The van der Waals surface area contributed by atoms with Crippen molar-refractivity contribution in [3.8, 4) is 11.8 Å². The van der Waals surface area contributed by atoms with Crippen LogP contribution in [0.2, 0.25) is 0 Å². The molecular weight excluding hydrogens is 378 g/mol. The number of benzene rings is 2. The van der Waals surface area contributed by atoms with E-state index >= 15 is 0 Å². The van der Waals surface area contributed by atoms with Gasteiger partial charge in [-0.2, -0.15) is 5.26 Å². The predicted octanol–water partition coefficient (Wildman–Crippen LogP) is 3.21. The van der Waals surface area contributed by atoms with Gasteiger partial charge in [-0.05, 0) is 43.2 Å². The number of nitrogens with zero attached hydrogens (tertiary/aromatic N) is 5. The second kappa shape index (κ2) is 8.47. The van der Waals surface area contributed by atoms with Crippen molar-refractivity contribution in [1.82, 2.24) is 14.8 Å². The fraction of sp³-hybridized carbons (Fsp3) is 0.304. The number of Topliss-reactive ketones (excluding diaryl/α,β-unsaturated/α-hetero) is 1. The number of ether oxygens (including phenoxy) is 1. The summed E-state index contributed by atoms with van der Waals surface area (Å²) in [4.78, 5) is 15.3. The molecule has 7 nitrogen and oxygen atoms in total. The van der Waals surface area contributed by atoms with E-state index in [9.17, 15) is 10.1 Å². The molecule has 1 aliphatic heterocycles. The lowest BCUT2D eigenvalue weighted by Crippen LogP contribution is -2.38. The van der Waals surface area contributed by atoms with E-state index in [1.54, 1.807) is 6.07 Å². The smallest absolute Gasteiger partial charge is 0.232 e. The summed E-state index contributed by atoms with van der Waals surface area (Å²) in [5.41, 5.74) is 3.42. The van der Waals surface area contributed by atoms with Crippen LogP contribution in [-0.2, 0) is 4.74 Å². The molecule has 2 heterocycles. The minimum atomic E-state index is -1.06. The molecule has 1 atom stereocenters. The lowest BCUT2D eigenvalue weighted by molar-refractivity contribution is 0.0975. The number of hydrogen-bond acceptors (Lipinski definition) is 6. The molecule has 0 bridgehead atoms. The van der Waals surface area contributed by atoms with Crippen molar-refractivity contribution in [2.75, 3.05) is 31.2 Å². The van der Waals surface area contributed by atoms with Crippen LogP contribution in [0.15, 0.2) is 48.5 Å². The van der Waals surface area contributed by atoms with Crippen molar-refractivity contribution < 1.29 is 9.53 Å². The molecule has 7 heteroatoms. The van der Waals surface area contributed by atoms with Crippen molar-refractivity contribution in [1.29, 1.82) is 5.26 Å². The molecule has 0 N–H and O–H groups in total. The van der Waals surface area contributed by atoms with Gasteiger partial charge in [-0.15, -0.1) is 10.2 Å². The molecule has 152 valence electrons. The predicted molar refractivity (Wildman–Crippen MR) is 113 cm³/mol. The first-order chi connectivity index (χ1) is 14.6. The third-order valence-corrected chi connectivity index (χ3v) is 5.42. The number of nitriles is 1. The van der Waals surface area contributed by atoms with Crippen LogP contribution in [-0.4, -0.2) is 46.9 Å². The quantitative estimate of drug-likeness (QED) is 0.611. The van der Waals surface area contributed by atoms with E-state index in [0.717, 1.165) is 16.8 Å². The summed E-state index contributed by atoms with van der Waals surface area (Å²) >= 11 is 0. The molecule has 2 aromatic carbocycles. The number of carbonyl (C=O) groups excluding carboxylic acids is 1. The first kappa shape index (κ1) is 19.8. The lowest BCUT2D eigenvalue weighted by atomic mass is 9.95. The monoisotopic (exact) mass is 401 g/mol. The standard InChI is InChI=1S/C23H23N5O2/c1-16-8-9-18(14-17(16)2)21(29)20(15-24)22-25-26-23(27-10-12-30-13-11-27)28(22)19-6-4-3-5-7-19/h3-9,14,20H,10-13H2,1-2H3/t20-/m0/s1. The number of aromatic nitrogens is 3. The zero-order valence-corrected chi connectivity index (χ0v) is 17.1. The zero-order valence-electron chi connectivity index (χ0n) is 17.1. The molecule has 1 saturated heterocycles. The minimum absolute atomic E-state index is 0.279. The zero-order chi connectivity index (χ0) is 21.1. The third kappa shape index (κ3) is 3.70. The second-order valence-electron chi connectivity index (χ2n) is 7.35. The average Bonchev–Trinajstić information content (AvgIpc) is 3.22. The molecule has 1 aliphatic rings. The van der Waals surface area contributed by atoms with Crippen molar-refractivity contribution >= 4 is 11.7 Å². The summed E-state index contributed by atoms with van der Waals surface area (Å²) in [6, 6.07) is 17.2. The molecule has 0 amide bonds. The third-order valence-electron chi connectivity index (χ3n) is 5.42. The van der Waals surface area contributed by atoms with Gasteiger partial charge < -0.3 is 9.64 Å². The van der Waals surface area contributed by atoms with Crippen LogP contribution in [0, 0.1) is 25.2 Å². The summed E-state index contributed by atoms with van der Waals surface area (Å²) in [6.45, 7) is 6.49. The normalized spacial score (nSPS) is 14.9. The highest BCUT2D eigenvalue weighted by atomic mass is 16.5. The Labute approximate surface area is 175 Å². The van der Waals surface area contributed by atoms with E-state index in [1.807, 2.05) is 60.9 Å². The van der Waals surface area contributed by atoms with E-state index in [0.29, 0.717) is 43.6 Å². The lowest BCUT2D eigenvalue weighted by Gasteiger charge is -2.28. The molecule has 0 unspecified atom stereocenters. The van der Waals surface area contributed by atoms with Gasteiger partial charge >= 0.3 is 0 Å². The minimum Gasteiger partial charge on any atom is -0.378 e. The number of rotatable bonds is 5. The number of anilines is 1. The first-order valence-electron chi connectivity index (χ1n) is 9.94. The van der Waals surface area contributed by atoms with Crippen LogP contribution >= 0.6 is 0 Å². The van der Waals surface area contributed by atoms with Crippen molar-refractivity contribution in [3.63, 3.8) is 0 Å². The summed E-state index contributed by atoms with van der Waals surface area (Å²) in [7, 11) is 0. The largest absolute Gasteiger partial charge is 0.378 e. The summed E-state index contributed by atoms with van der Waals surface area (Å²) in [5, 5.41) is 18.6. The maximum absolute atomic E-state index is 13.3. The van der Waals surface area contributed by atoms with Crippen LogP contribution in [0.5, 0.6) is 0 Å². The van der Waals surface area contributed by atoms with Gasteiger partial charge in [0.25, 0.3) is 0 Å². The fourth-order valence-electron chi connectivity index (χ4n) is 3.56. The molecule has 1 aromatic heterocycles. The number of ketones is 1. The van der Waals surface area contributed by atoms with E-state index in [-0.39, 0.29) is 5.78 Å². The van der Waals surface area contributed by atoms with E-state index in [1.165, 1.54) is 0 Å². The van der Waals surface area contributed by atoms with Crippen LogP contribution < -0.4 is 4.90 Å². The fourth-order valence-corrected chi connectivity index (χ4v) is 3.56. The Morgan fingerprint density at radius 3 is 2.47 bits per heavy atom. The molecule has 1 fully saturated rings. The second-order valence-corrected chi connectivity index (χ2v) is 7.35. The highest BCUT2D eigenvalue weighted by Gasteiger charge is 2.31. The topological polar surface area (TPSA) is 84.0 Å². The van der Waals surface area contributed by atoms with Gasteiger partial charge in [-0.1, -0.05) is 30.3 Å². The molecule has 0 saturated carbocycles. The Balaban J connectivity index is 1.80. The maximum atomic E-state index is 13.3. The van der Waals surface area contributed by atoms with Gasteiger partial charge in [0.05, 0.1) is 25.0 Å². The van der Waals surface area contributed by atoms with Gasteiger partial charge in [0.15, 0.2) is 17.5 Å². The number of aryl methyl sites for hydroxylation is 2. The van der Waals surface area contributed by atoms with E-state index in [2.05, 4.69) is 21.2 Å².